The Kier molecular flexibility index (Phi) is 14.6. The van der Waals surface area contributed by atoms with Crippen molar-refractivity contribution in [2.45, 2.75) is 76.4 Å². The summed E-state index contributed by atoms with van der Waals surface area (Å²) in [6.07, 6.45) is 3.26. The third-order valence-electron chi connectivity index (χ3n) is 8.77. The Morgan fingerprint density at radius 3 is 2.38 bits per heavy atom. The molecule has 2 heterocycles. The Morgan fingerprint density at radius 2 is 1.72 bits per heavy atom. The lowest BCUT2D eigenvalue weighted by atomic mass is 9.91. The Labute approximate surface area is 296 Å². The fourth-order valence-corrected chi connectivity index (χ4v) is 6.56. The molecule has 2 amide bonds. The molecule has 1 aromatic heterocycles. The average molecular weight is 712 g/mol. The van der Waals surface area contributed by atoms with Crippen molar-refractivity contribution in [2.24, 2.45) is 5.92 Å². The minimum absolute atomic E-state index is 0.0712. The predicted molar refractivity (Wildman–Crippen MR) is 189 cm³/mol. The Bertz CT molecular complexity index is 1540. The van der Waals surface area contributed by atoms with Crippen LogP contribution in [-0.2, 0) is 44.7 Å². The molecule has 0 saturated carbocycles. The maximum atomic E-state index is 13.8. The van der Waals surface area contributed by atoms with Crippen LogP contribution in [0.3, 0.4) is 0 Å². The summed E-state index contributed by atoms with van der Waals surface area (Å²) in [5.74, 6) is -0.781. The predicted octanol–water partition coefficient (Wildman–Crippen LogP) is 2.48. The zero-order chi connectivity index (χ0) is 36.3. The molecule has 0 spiro atoms. The number of benzene rings is 2. The molecule has 272 valence electrons. The zero-order valence-corrected chi connectivity index (χ0v) is 29.5. The maximum Gasteiger partial charge on any atom is 0.330 e. The van der Waals surface area contributed by atoms with Gasteiger partial charge in [0.05, 0.1) is 18.2 Å². The number of β-amino-alcohol motifs (C(OH)–C–C–N with tert-alkyl or cyclic N) is 1. The molecule has 13 nitrogen and oxygen atoms in total. The molecule has 50 heavy (non-hydrogen) atoms. The van der Waals surface area contributed by atoms with E-state index in [4.69, 9.17) is 14.0 Å². The van der Waals surface area contributed by atoms with E-state index in [2.05, 4.69) is 29.8 Å². The maximum absolute atomic E-state index is 13.8. The highest BCUT2D eigenvalue weighted by Crippen LogP contribution is 2.32. The van der Waals surface area contributed by atoms with Crippen molar-refractivity contribution in [3.05, 3.63) is 101 Å². The number of nitrogens with zero attached hydrogens (tertiary/aromatic N) is 3. The largest absolute Gasteiger partial charge is 0.392 e. The van der Waals surface area contributed by atoms with Crippen LogP contribution in [-0.4, -0.2) is 101 Å². The van der Waals surface area contributed by atoms with E-state index in [0.717, 1.165) is 28.8 Å². The summed E-state index contributed by atoms with van der Waals surface area (Å²) in [7, 11) is 0. The third-order valence-corrected chi connectivity index (χ3v) is 8.90. The second-order valence-electron chi connectivity index (χ2n) is 13.9. The zero-order valence-electron chi connectivity index (χ0n) is 28.7. The molecule has 14 heteroatoms. The number of pyridine rings is 1. The van der Waals surface area contributed by atoms with Gasteiger partial charge in [-0.25, -0.2) is 5.26 Å². The van der Waals surface area contributed by atoms with Crippen molar-refractivity contribution in [1.29, 1.82) is 0 Å². The molecule has 1 saturated heterocycles. The highest BCUT2D eigenvalue weighted by atomic mass is 32.2. The monoisotopic (exact) mass is 711 g/mol. The fraction of sp³-hybridized carbons (Fsp3) is 0.472. The lowest BCUT2D eigenvalue weighted by Gasteiger charge is -2.42. The molecule has 1 fully saturated rings. The summed E-state index contributed by atoms with van der Waals surface area (Å²) in [5, 5.41) is 35.6. The summed E-state index contributed by atoms with van der Waals surface area (Å²) in [6, 6.07) is 20.6. The Hall–Kier alpha value is -3.60. The van der Waals surface area contributed by atoms with Crippen molar-refractivity contribution in [2.75, 3.05) is 26.2 Å². The molecule has 1 aliphatic carbocycles. The number of fused-ring (bicyclic) bond motifs is 1. The summed E-state index contributed by atoms with van der Waals surface area (Å²) in [4.78, 5) is 35.9. The molecule has 6 N–H and O–H groups in total. The highest BCUT2D eigenvalue weighted by Gasteiger charge is 2.37. The molecule has 5 rings (SSSR count). The van der Waals surface area contributed by atoms with Crippen molar-refractivity contribution < 1.29 is 38.2 Å². The van der Waals surface area contributed by atoms with E-state index in [-0.39, 0.29) is 24.8 Å². The molecular formula is C36H49N5O8S. The second kappa shape index (κ2) is 18.6. The topological polar surface area (TPSA) is 185 Å². The standard InChI is InChI=1S/C36H47N5O4.H2O4S/c1-36(2,3)39-35(45)31-24-40(22-26-12-9-15-37-21-26)16-17-41(31)23-29(42)19-28(18-25-10-5-4-6-11-25)34(44)38-33-30-14-8-7-13-27(30)20-32(33)43;1-4-5(2)3/h4-15,21,28-29,31-33,42-43H,16-20,22-24H2,1-3H3,(H,38,44)(H,39,45);1H,(H,2,3)/t28-,29+,31+,32-,33+;/m1./s1. The van der Waals surface area contributed by atoms with Gasteiger partial charge in [-0.15, -0.1) is 4.33 Å². The Balaban J connectivity index is 0.00000105. The van der Waals surface area contributed by atoms with E-state index in [9.17, 15) is 19.8 Å². The lowest BCUT2D eigenvalue weighted by molar-refractivity contribution is -0.132. The smallest absolute Gasteiger partial charge is 0.330 e. The van der Waals surface area contributed by atoms with Gasteiger partial charge in [-0.2, -0.15) is 4.21 Å². The molecular weight excluding hydrogens is 662 g/mol. The van der Waals surface area contributed by atoms with Crippen LogP contribution in [0.5, 0.6) is 0 Å². The van der Waals surface area contributed by atoms with Gasteiger partial charge in [-0.3, -0.25) is 28.9 Å². The number of hydrogen-bond acceptors (Lipinski definition) is 10. The number of nitrogens with one attached hydrogen (secondary N) is 2. The molecule has 2 aromatic carbocycles. The number of aliphatic hydroxyl groups is 2. The minimum atomic E-state index is -2.52. The van der Waals surface area contributed by atoms with E-state index >= 15 is 0 Å². The van der Waals surface area contributed by atoms with Gasteiger partial charge in [0.1, 0.15) is 6.04 Å². The number of carbonyl (C=O) groups excluding carboxylic acids is 2. The molecule has 2 aliphatic rings. The number of piperazine rings is 1. The highest BCUT2D eigenvalue weighted by molar-refractivity contribution is 7.74. The fourth-order valence-electron chi connectivity index (χ4n) is 6.56. The van der Waals surface area contributed by atoms with Crippen molar-refractivity contribution in [3.8, 4) is 0 Å². The minimum Gasteiger partial charge on any atom is -0.392 e. The average Bonchev–Trinajstić information content (AvgIpc) is 3.39. The SMILES string of the molecule is CC(C)(C)NC(=O)[C@@H]1CN(Cc2cccnc2)CCN1C[C@@H](O)C[C@@H](Cc1ccccc1)C(=O)N[C@H]1c2ccccc2C[C@H]1O.O=S(O)OO. The van der Waals surface area contributed by atoms with Crippen molar-refractivity contribution >= 4 is 23.2 Å². The van der Waals surface area contributed by atoms with Crippen LogP contribution in [0, 0.1) is 5.92 Å². The molecule has 0 bridgehead atoms. The van der Waals surface area contributed by atoms with E-state index in [1.54, 1.807) is 6.20 Å². The van der Waals surface area contributed by atoms with Crippen LogP contribution in [0.15, 0.2) is 79.1 Å². The number of hydrogen-bond donors (Lipinski definition) is 6. The molecule has 6 atom stereocenters. The van der Waals surface area contributed by atoms with Crippen LogP contribution in [0.2, 0.25) is 0 Å². The molecule has 0 radical (unpaired) electrons. The summed E-state index contributed by atoms with van der Waals surface area (Å²) in [6.45, 7) is 8.74. The number of rotatable bonds is 12. The van der Waals surface area contributed by atoms with Crippen molar-refractivity contribution in [1.82, 2.24) is 25.4 Å². The number of amides is 2. The van der Waals surface area contributed by atoms with Gasteiger partial charge in [0.25, 0.3) is 0 Å². The van der Waals surface area contributed by atoms with E-state index < -0.39 is 47.1 Å². The molecule has 1 aliphatic heterocycles. The summed E-state index contributed by atoms with van der Waals surface area (Å²) >= 11 is -2.52. The summed E-state index contributed by atoms with van der Waals surface area (Å²) < 4.78 is 19.1. The molecule has 3 aromatic rings. The molecule has 1 unspecified atom stereocenters. The summed E-state index contributed by atoms with van der Waals surface area (Å²) in [5.41, 5.74) is 3.68. The first-order valence-electron chi connectivity index (χ1n) is 16.7. The third kappa shape index (κ3) is 12.0. The van der Waals surface area contributed by atoms with Crippen LogP contribution in [0.25, 0.3) is 0 Å². The van der Waals surface area contributed by atoms with Crippen LogP contribution in [0.1, 0.15) is 55.5 Å². The second-order valence-corrected chi connectivity index (χ2v) is 14.5. The first-order chi connectivity index (χ1) is 23.8. The number of aliphatic hydroxyl groups excluding tert-OH is 2. The van der Waals surface area contributed by atoms with Crippen LogP contribution >= 0.6 is 0 Å². The van der Waals surface area contributed by atoms with Gasteiger partial charge in [-0.05, 0) is 61.9 Å². The lowest BCUT2D eigenvalue weighted by Crippen LogP contribution is -2.61. The van der Waals surface area contributed by atoms with Crippen LogP contribution < -0.4 is 10.6 Å². The quantitative estimate of drug-likeness (QED) is 0.0922. The van der Waals surface area contributed by atoms with E-state index in [1.807, 2.05) is 93.7 Å². The van der Waals surface area contributed by atoms with Gasteiger partial charge in [-0.1, -0.05) is 60.7 Å². The van der Waals surface area contributed by atoms with Gasteiger partial charge < -0.3 is 20.8 Å². The van der Waals surface area contributed by atoms with Gasteiger partial charge >= 0.3 is 11.4 Å². The van der Waals surface area contributed by atoms with Gasteiger partial charge in [0, 0.05) is 63.0 Å². The van der Waals surface area contributed by atoms with Crippen molar-refractivity contribution in [3.63, 3.8) is 0 Å². The number of carbonyl (C=O) groups is 2. The van der Waals surface area contributed by atoms with Gasteiger partial charge in [0.15, 0.2) is 0 Å². The first-order valence-corrected chi connectivity index (χ1v) is 17.7. The Morgan fingerprint density at radius 1 is 1.04 bits per heavy atom. The van der Waals surface area contributed by atoms with E-state index in [1.165, 1.54) is 0 Å². The number of aromatic nitrogens is 1. The first kappa shape index (κ1) is 39.2. The van der Waals surface area contributed by atoms with Crippen LogP contribution in [0.4, 0.5) is 0 Å². The van der Waals surface area contributed by atoms with E-state index in [0.29, 0.717) is 32.5 Å². The van der Waals surface area contributed by atoms with Gasteiger partial charge in [0.2, 0.25) is 11.8 Å². The normalized spacial score (nSPS) is 21.2.